The topological polar surface area (TPSA) is 24.9 Å². The second-order valence-corrected chi connectivity index (χ2v) is 6.59. The van der Waals surface area contributed by atoms with E-state index in [-0.39, 0.29) is 11.9 Å². The van der Waals surface area contributed by atoms with Gasteiger partial charge in [-0.15, -0.1) is 0 Å². The summed E-state index contributed by atoms with van der Waals surface area (Å²) in [4.78, 5) is 4.44. The van der Waals surface area contributed by atoms with Crippen molar-refractivity contribution < 1.29 is 4.39 Å². The van der Waals surface area contributed by atoms with Gasteiger partial charge >= 0.3 is 0 Å². The van der Waals surface area contributed by atoms with Gasteiger partial charge < -0.3 is 5.32 Å². The Labute approximate surface area is 141 Å². The molecule has 0 aliphatic rings. The lowest BCUT2D eigenvalue weighted by molar-refractivity contribution is 0.501. The number of aromatic nitrogens is 1. The van der Waals surface area contributed by atoms with Gasteiger partial charge in [0.1, 0.15) is 5.82 Å². The van der Waals surface area contributed by atoms with Gasteiger partial charge in [0.05, 0.1) is 11.7 Å². The SMILES string of the molecule is CCCNC(Cc1cc(Br)ccc1F)c1ncccc1Br. The highest BCUT2D eigenvalue weighted by atomic mass is 79.9. The van der Waals surface area contributed by atoms with Gasteiger partial charge in [-0.1, -0.05) is 22.9 Å². The molecular formula is C16H17Br2FN2. The van der Waals surface area contributed by atoms with Crippen LogP contribution < -0.4 is 5.32 Å². The molecule has 1 heterocycles. The third kappa shape index (κ3) is 4.59. The molecule has 2 rings (SSSR count). The molecule has 1 unspecified atom stereocenters. The predicted molar refractivity (Wildman–Crippen MR) is 90.8 cm³/mol. The molecule has 5 heteroatoms. The van der Waals surface area contributed by atoms with Crippen LogP contribution in [0.4, 0.5) is 4.39 Å². The normalized spacial score (nSPS) is 12.4. The summed E-state index contributed by atoms with van der Waals surface area (Å²) in [6.07, 6.45) is 3.33. The number of nitrogens with one attached hydrogen (secondary N) is 1. The molecule has 0 spiro atoms. The maximum absolute atomic E-state index is 14.0. The van der Waals surface area contributed by atoms with E-state index in [0.29, 0.717) is 12.0 Å². The number of rotatable bonds is 6. The fraction of sp³-hybridized carbons (Fsp3) is 0.312. The van der Waals surface area contributed by atoms with E-state index < -0.39 is 0 Å². The lowest BCUT2D eigenvalue weighted by Crippen LogP contribution is -2.25. The molecule has 0 amide bonds. The first kappa shape index (κ1) is 16.6. The molecule has 0 radical (unpaired) electrons. The summed E-state index contributed by atoms with van der Waals surface area (Å²) in [5.74, 6) is -0.187. The molecule has 2 nitrogen and oxygen atoms in total. The number of pyridine rings is 1. The molecule has 1 atom stereocenters. The average molecular weight is 416 g/mol. The highest BCUT2D eigenvalue weighted by Crippen LogP contribution is 2.26. The Morgan fingerprint density at radius 1 is 1.29 bits per heavy atom. The molecule has 0 aliphatic heterocycles. The maximum Gasteiger partial charge on any atom is 0.126 e. The molecule has 0 bridgehead atoms. The van der Waals surface area contributed by atoms with Crippen LogP contribution in [0.5, 0.6) is 0 Å². The minimum absolute atomic E-state index is 0.0238. The van der Waals surface area contributed by atoms with Crippen molar-refractivity contribution in [3.8, 4) is 0 Å². The number of halogens is 3. The quantitative estimate of drug-likeness (QED) is 0.715. The van der Waals surface area contributed by atoms with Crippen LogP contribution in [0.2, 0.25) is 0 Å². The van der Waals surface area contributed by atoms with Gasteiger partial charge in [-0.2, -0.15) is 0 Å². The van der Waals surface area contributed by atoms with Crippen molar-refractivity contribution in [1.82, 2.24) is 10.3 Å². The third-order valence-corrected chi connectivity index (χ3v) is 4.35. The Morgan fingerprint density at radius 3 is 2.81 bits per heavy atom. The van der Waals surface area contributed by atoms with Gasteiger partial charge in [0.25, 0.3) is 0 Å². The van der Waals surface area contributed by atoms with Gasteiger partial charge in [0.2, 0.25) is 0 Å². The first-order valence-electron chi connectivity index (χ1n) is 6.89. The number of benzene rings is 1. The van der Waals surface area contributed by atoms with E-state index in [1.54, 1.807) is 12.3 Å². The summed E-state index contributed by atoms with van der Waals surface area (Å²) in [6, 6.07) is 8.84. The zero-order valence-corrected chi connectivity index (χ0v) is 14.9. The summed E-state index contributed by atoms with van der Waals surface area (Å²) in [5, 5.41) is 3.45. The largest absolute Gasteiger partial charge is 0.308 e. The van der Waals surface area contributed by atoms with E-state index in [9.17, 15) is 4.39 Å². The van der Waals surface area contributed by atoms with E-state index in [1.165, 1.54) is 6.07 Å². The van der Waals surface area contributed by atoms with Gasteiger partial charge in [0, 0.05) is 15.1 Å². The molecule has 21 heavy (non-hydrogen) atoms. The first-order chi connectivity index (χ1) is 10.1. The zero-order chi connectivity index (χ0) is 15.2. The fourth-order valence-corrected chi connectivity index (χ4v) is 3.10. The van der Waals surface area contributed by atoms with E-state index in [1.807, 2.05) is 18.2 Å². The molecule has 0 saturated heterocycles. The summed E-state index contributed by atoms with van der Waals surface area (Å²) in [6.45, 7) is 2.97. The van der Waals surface area contributed by atoms with Crippen LogP contribution in [-0.2, 0) is 6.42 Å². The van der Waals surface area contributed by atoms with Crippen molar-refractivity contribution in [3.05, 3.63) is 62.5 Å². The minimum Gasteiger partial charge on any atom is -0.308 e. The van der Waals surface area contributed by atoms with Crippen molar-refractivity contribution in [3.63, 3.8) is 0 Å². The van der Waals surface area contributed by atoms with E-state index in [4.69, 9.17) is 0 Å². The van der Waals surface area contributed by atoms with Crippen molar-refractivity contribution in [2.75, 3.05) is 6.54 Å². The minimum atomic E-state index is -0.187. The van der Waals surface area contributed by atoms with E-state index in [0.717, 1.165) is 27.6 Å². The Hall–Kier alpha value is -0.780. The highest BCUT2D eigenvalue weighted by Gasteiger charge is 2.17. The van der Waals surface area contributed by atoms with Gasteiger partial charge in [-0.3, -0.25) is 4.98 Å². The Balaban J connectivity index is 2.28. The molecule has 1 aromatic carbocycles. The second-order valence-electron chi connectivity index (χ2n) is 4.82. The molecule has 112 valence electrons. The monoisotopic (exact) mass is 414 g/mol. The van der Waals surface area contributed by atoms with E-state index in [2.05, 4.69) is 49.1 Å². The van der Waals surface area contributed by atoms with Crippen LogP contribution in [0.3, 0.4) is 0 Å². The van der Waals surface area contributed by atoms with Crippen molar-refractivity contribution >= 4 is 31.9 Å². The molecule has 0 aliphatic carbocycles. The molecule has 1 N–H and O–H groups in total. The average Bonchev–Trinajstić information content (AvgIpc) is 2.48. The van der Waals surface area contributed by atoms with Gasteiger partial charge in [-0.25, -0.2) is 4.39 Å². The summed E-state index contributed by atoms with van der Waals surface area (Å²) < 4.78 is 15.8. The zero-order valence-electron chi connectivity index (χ0n) is 11.7. The van der Waals surface area contributed by atoms with Crippen LogP contribution in [0.1, 0.15) is 30.6 Å². The molecule has 0 fully saturated rings. The van der Waals surface area contributed by atoms with Crippen LogP contribution in [0, 0.1) is 5.82 Å². The number of hydrogen-bond donors (Lipinski definition) is 1. The van der Waals surface area contributed by atoms with Crippen molar-refractivity contribution in [2.45, 2.75) is 25.8 Å². The standard InChI is InChI=1S/C16H17Br2FN2/c1-2-7-20-15(16-13(18)4-3-8-21-16)10-11-9-12(17)5-6-14(11)19/h3-6,8-9,15,20H,2,7,10H2,1H3. The van der Waals surface area contributed by atoms with E-state index >= 15 is 0 Å². The van der Waals surface area contributed by atoms with Crippen LogP contribution in [0.25, 0.3) is 0 Å². The lowest BCUT2D eigenvalue weighted by Gasteiger charge is -2.19. The van der Waals surface area contributed by atoms with Crippen LogP contribution in [-0.4, -0.2) is 11.5 Å². The smallest absolute Gasteiger partial charge is 0.126 e. The van der Waals surface area contributed by atoms with Crippen molar-refractivity contribution in [2.24, 2.45) is 0 Å². The Bertz CT molecular complexity index is 605. The highest BCUT2D eigenvalue weighted by molar-refractivity contribution is 9.10. The van der Waals surface area contributed by atoms with Crippen LogP contribution in [0.15, 0.2) is 45.5 Å². The maximum atomic E-state index is 14.0. The first-order valence-corrected chi connectivity index (χ1v) is 8.48. The van der Waals surface area contributed by atoms with Gasteiger partial charge in [-0.05, 0) is 71.2 Å². The van der Waals surface area contributed by atoms with Gasteiger partial charge in [0.15, 0.2) is 0 Å². The lowest BCUT2D eigenvalue weighted by atomic mass is 10.0. The molecule has 2 aromatic rings. The third-order valence-electron chi connectivity index (χ3n) is 3.19. The van der Waals surface area contributed by atoms with Crippen LogP contribution >= 0.6 is 31.9 Å². The summed E-state index contributed by atoms with van der Waals surface area (Å²) in [7, 11) is 0. The molecular weight excluding hydrogens is 399 g/mol. The fourth-order valence-electron chi connectivity index (χ4n) is 2.16. The number of nitrogens with zero attached hydrogens (tertiary/aromatic N) is 1. The summed E-state index contributed by atoms with van der Waals surface area (Å²) in [5.41, 5.74) is 1.58. The van der Waals surface area contributed by atoms with Crippen molar-refractivity contribution in [1.29, 1.82) is 0 Å². The molecule has 1 aromatic heterocycles. The number of hydrogen-bond acceptors (Lipinski definition) is 2. The Morgan fingerprint density at radius 2 is 2.10 bits per heavy atom. The predicted octanol–water partition coefficient (Wildman–Crippen LogP) is 5.03. The Kier molecular flexibility index (Phi) is 6.33. The molecule has 0 saturated carbocycles. The second kappa shape index (κ2) is 8.01. The summed E-state index contributed by atoms with van der Waals surface area (Å²) >= 11 is 6.93.